The minimum atomic E-state index is -2.88. The summed E-state index contributed by atoms with van der Waals surface area (Å²) in [6.45, 7) is 0. The van der Waals surface area contributed by atoms with Crippen LogP contribution in [0.5, 0.6) is 0 Å². The van der Waals surface area contributed by atoms with E-state index in [1.54, 1.807) is 6.07 Å². The van der Waals surface area contributed by atoms with E-state index in [0.29, 0.717) is 0 Å². The summed E-state index contributed by atoms with van der Waals surface area (Å²) < 4.78 is 29.8. The molecule has 1 rings (SSSR count). The van der Waals surface area contributed by atoms with Crippen LogP contribution >= 0.6 is 11.6 Å². The van der Waals surface area contributed by atoms with Crippen molar-refractivity contribution in [1.82, 2.24) is 4.98 Å². The normalized spacial score (nSPS) is 10.1. The Kier molecular flexibility index (Phi) is 4.35. The lowest BCUT2D eigenvalue weighted by Gasteiger charge is -2.09. The summed E-state index contributed by atoms with van der Waals surface area (Å²) in [5.41, 5.74) is -1.29. The average Bonchev–Trinajstić information content (AvgIpc) is 2.35. The zero-order valence-corrected chi connectivity index (χ0v) is 9.46. The Morgan fingerprint density at radius 3 is 2.76 bits per heavy atom. The van der Waals surface area contributed by atoms with Crippen LogP contribution in [0.15, 0.2) is 6.07 Å². The number of carbonyl (C=O) groups is 1. The molecule has 0 radical (unpaired) electrons. The Bertz CT molecular complexity index is 486. The lowest BCUT2D eigenvalue weighted by Crippen LogP contribution is -2.10. The van der Waals surface area contributed by atoms with Gasteiger partial charge in [0.15, 0.2) is 0 Å². The number of nitrogens with zero attached hydrogens (tertiary/aromatic N) is 2. The van der Waals surface area contributed by atoms with E-state index >= 15 is 0 Å². The molecule has 0 aliphatic heterocycles. The molecule has 0 spiro atoms. The van der Waals surface area contributed by atoms with Crippen LogP contribution in [-0.2, 0) is 10.6 Å². The van der Waals surface area contributed by atoms with Crippen LogP contribution < -0.4 is 0 Å². The zero-order valence-electron chi connectivity index (χ0n) is 8.71. The van der Waals surface area contributed by atoms with Gasteiger partial charge < -0.3 is 4.74 Å². The smallest absolute Gasteiger partial charge is 0.356 e. The van der Waals surface area contributed by atoms with Gasteiger partial charge in [0.25, 0.3) is 6.43 Å². The molecular weight excluding hydrogens is 254 g/mol. The summed E-state index contributed by atoms with van der Waals surface area (Å²) in [7, 11) is 1.12. The molecule has 1 aromatic rings. The molecule has 0 saturated heterocycles. The van der Waals surface area contributed by atoms with E-state index in [4.69, 9.17) is 16.9 Å². The van der Waals surface area contributed by atoms with Gasteiger partial charge in [0.2, 0.25) is 0 Å². The first-order valence-electron chi connectivity index (χ1n) is 4.41. The highest BCUT2D eigenvalue weighted by atomic mass is 35.5. The van der Waals surface area contributed by atoms with Gasteiger partial charge in [-0.1, -0.05) is 0 Å². The highest BCUT2D eigenvalue weighted by Crippen LogP contribution is 2.27. The zero-order chi connectivity index (χ0) is 13.0. The molecule has 0 fully saturated rings. The number of rotatable bonds is 3. The fraction of sp³-hybridized carbons (Fsp3) is 0.300. The van der Waals surface area contributed by atoms with Gasteiger partial charge in [0.05, 0.1) is 35.9 Å². The van der Waals surface area contributed by atoms with Crippen molar-refractivity contribution in [1.29, 1.82) is 5.26 Å². The van der Waals surface area contributed by atoms with E-state index < -0.39 is 18.0 Å². The second kappa shape index (κ2) is 5.55. The lowest BCUT2D eigenvalue weighted by atomic mass is 10.1. The van der Waals surface area contributed by atoms with Crippen molar-refractivity contribution in [3.8, 4) is 6.07 Å². The van der Waals surface area contributed by atoms with Crippen LogP contribution in [0.3, 0.4) is 0 Å². The summed E-state index contributed by atoms with van der Waals surface area (Å²) in [5, 5.41) is 8.76. The fourth-order valence-corrected chi connectivity index (χ4v) is 1.46. The number of ether oxygens (including phenoxy) is 1. The summed E-state index contributed by atoms with van der Waals surface area (Å²) in [4.78, 5) is 14.9. The fourth-order valence-electron chi connectivity index (χ4n) is 1.25. The molecule has 0 saturated carbocycles. The monoisotopic (exact) mass is 260 g/mol. The molecule has 0 bridgehead atoms. The van der Waals surface area contributed by atoms with E-state index in [2.05, 4.69) is 9.72 Å². The first-order chi connectivity index (χ1) is 8.04. The molecule has 0 amide bonds. The van der Waals surface area contributed by atoms with Crippen molar-refractivity contribution >= 4 is 17.6 Å². The van der Waals surface area contributed by atoms with Gasteiger partial charge >= 0.3 is 5.97 Å². The van der Waals surface area contributed by atoms with Crippen molar-refractivity contribution in [2.75, 3.05) is 7.11 Å². The van der Waals surface area contributed by atoms with E-state index in [0.717, 1.165) is 13.2 Å². The quantitative estimate of drug-likeness (QED) is 0.618. The second-order valence-electron chi connectivity index (χ2n) is 2.95. The molecule has 7 heteroatoms. The van der Waals surface area contributed by atoms with Crippen molar-refractivity contribution in [2.45, 2.75) is 12.3 Å². The van der Waals surface area contributed by atoms with E-state index in [1.807, 2.05) is 0 Å². The van der Waals surface area contributed by atoms with Gasteiger partial charge in [-0.25, -0.2) is 18.6 Å². The molecule has 0 N–H and O–H groups in total. The largest absolute Gasteiger partial charge is 0.464 e. The van der Waals surface area contributed by atoms with Crippen LogP contribution in [0.4, 0.5) is 8.78 Å². The number of alkyl halides is 3. The molecule has 0 aromatic carbocycles. The minimum Gasteiger partial charge on any atom is -0.464 e. The summed E-state index contributed by atoms with van der Waals surface area (Å²) in [5.74, 6) is -1.13. The third-order valence-electron chi connectivity index (χ3n) is 2.00. The Morgan fingerprint density at radius 1 is 1.71 bits per heavy atom. The van der Waals surface area contributed by atoms with Crippen LogP contribution in [0.2, 0.25) is 0 Å². The minimum absolute atomic E-state index is 0.193. The number of halogens is 3. The number of pyridine rings is 1. The van der Waals surface area contributed by atoms with Gasteiger partial charge in [-0.3, -0.25) is 0 Å². The maximum atomic E-state index is 12.7. The highest BCUT2D eigenvalue weighted by Gasteiger charge is 2.22. The molecule has 0 atom stereocenters. The number of aromatic nitrogens is 1. The SMILES string of the molecule is COC(=O)c1cc(C#N)c(C(F)F)c(CCl)n1. The lowest BCUT2D eigenvalue weighted by molar-refractivity contribution is 0.0593. The van der Waals surface area contributed by atoms with Crippen LogP contribution in [0.25, 0.3) is 0 Å². The number of hydrogen-bond acceptors (Lipinski definition) is 4. The topological polar surface area (TPSA) is 63.0 Å². The predicted molar refractivity (Wildman–Crippen MR) is 54.8 cm³/mol. The van der Waals surface area contributed by atoms with Crippen molar-refractivity contribution in [2.24, 2.45) is 0 Å². The standard InChI is InChI=1S/C10H7ClF2N2O2/c1-17-10(16)6-2-5(4-14)8(9(12)13)7(3-11)15-6/h2,9H,3H2,1H3. The Morgan fingerprint density at radius 2 is 2.35 bits per heavy atom. The first kappa shape index (κ1) is 13.3. The third kappa shape index (κ3) is 2.68. The number of methoxy groups -OCH3 is 1. The second-order valence-corrected chi connectivity index (χ2v) is 3.22. The average molecular weight is 261 g/mol. The van der Waals surface area contributed by atoms with Crippen LogP contribution in [0, 0.1) is 11.3 Å². The Balaban J connectivity index is 3.46. The Labute approximate surface area is 101 Å². The molecule has 0 aliphatic rings. The van der Waals surface area contributed by atoms with Gasteiger partial charge in [-0.05, 0) is 6.07 Å². The molecule has 17 heavy (non-hydrogen) atoms. The summed E-state index contributed by atoms with van der Waals surface area (Å²) in [6, 6.07) is 2.55. The molecule has 0 unspecified atom stereocenters. The highest BCUT2D eigenvalue weighted by molar-refractivity contribution is 6.17. The summed E-state index contributed by atoms with van der Waals surface area (Å²) >= 11 is 5.47. The predicted octanol–water partition coefficient (Wildman–Crippen LogP) is 2.42. The first-order valence-corrected chi connectivity index (χ1v) is 4.95. The van der Waals surface area contributed by atoms with Crippen molar-refractivity contribution < 1.29 is 18.3 Å². The molecule has 90 valence electrons. The maximum absolute atomic E-state index is 12.7. The van der Waals surface area contributed by atoms with E-state index in [9.17, 15) is 13.6 Å². The molecule has 1 aromatic heterocycles. The van der Waals surface area contributed by atoms with Gasteiger partial charge in [0.1, 0.15) is 5.69 Å². The number of nitriles is 1. The number of carbonyl (C=O) groups excluding carboxylic acids is 1. The van der Waals surface area contributed by atoms with E-state index in [-0.39, 0.29) is 22.8 Å². The number of hydrogen-bond donors (Lipinski definition) is 0. The van der Waals surface area contributed by atoms with Crippen molar-refractivity contribution in [3.05, 3.63) is 28.6 Å². The molecular formula is C10H7ClF2N2O2. The van der Waals surface area contributed by atoms with Gasteiger partial charge in [-0.15, -0.1) is 11.6 Å². The van der Waals surface area contributed by atoms with E-state index in [1.165, 1.54) is 0 Å². The number of esters is 1. The van der Waals surface area contributed by atoms with Crippen LogP contribution in [0.1, 0.15) is 33.7 Å². The van der Waals surface area contributed by atoms with Gasteiger partial charge in [0, 0.05) is 0 Å². The molecule has 0 aliphatic carbocycles. The molecule has 1 heterocycles. The molecule has 4 nitrogen and oxygen atoms in total. The van der Waals surface area contributed by atoms with Crippen molar-refractivity contribution in [3.63, 3.8) is 0 Å². The summed E-state index contributed by atoms with van der Waals surface area (Å²) in [6.07, 6.45) is -2.88. The van der Waals surface area contributed by atoms with Crippen LogP contribution in [-0.4, -0.2) is 18.1 Å². The third-order valence-corrected chi connectivity index (χ3v) is 2.25. The van der Waals surface area contributed by atoms with Gasteiger partial charge in [-0.2, -0.15) is 5.26 Å². The Hall–Kier alpha value is -1.74. The maximum Gasteiger partial charge on any atom is 0.356 e.